The van der Waals surface area contributed by atoms with Gasteiger partial charge < -0.3 is 9.88 Å². The predicted octanol–water partition coefficient (Wildman–Crippen LogP) is 3.38. The van der Waals surface area contributed by atoms with Gasteiger partial charge >= 0.3 is 0 Å². The summed E-state index contributed by atoms with van der Waals surface area (Å²) in [6, 6.07) is 7.14. The molecule has 0 aliphatic carbocycles. The van der Waals surface area contributed by atoms with Crippen molar-refractivity contribution in [3.8, 4) is 0 Å². The van der Waals surface area contributed by atoms with E-state index in [1.165, 1.54) is 16.0 Å². The van der Waals surface area contributed by atoms with Crippen molar-refractivity contribution < 1.29 is 0 Å². The van der Waals surface area contributed by atoms with Gasteiger partial charge in [0.15, 0.2) is 5.16 Å². The highest BCUT2D eigenvalue weighted by molar-refractivity contribution is 7.99. The zero-order chi connectivity index (χ0) is 13.8. The molecule has 0 spiro atoms. The summed E-state index contributed by atoms with van der Waals surface area (Å²) in [7, 11) is 2.02. The van der Waals surface area contributed by atoms with Gasteiger partial charge in [-0.25, -0.2) is 4.98 Å². The van der Waals surface area contributed by atoms with E-state index in [9.17, 15) is 0 Å². The molecule has 1 aromatic carbocycles. The molecule has 4 heteroatoms. The number of aromatic nitrogens is 2. The Balaban J connectivity index is 2.09. The van der Waals surface area contributed by atoms with Gasteiger partial charge in [-0.3, -0.25) is 0 Å². The lowest BCUT2D eigenvalue weighted by atomic mass is 10.1. The van der Waals surface area contributed by atoms with Gasteiger partial charge in [0, 0.05) is 36.9 Å². The fourth-order valence-electron chi connectivity index (χ4n) is 1.81. The molecular formula is C15H21N3S. The fourth-order valence-corrected chi connectivity index (χ4v) is 2.68. The summed E-state index contributed by atoms with van der Waals surface area (Å²) in [6.45, 7) is 7.41. The number of aryl methyl sites for hydroxylation is 2. The van der Waals surface area contributed by atoms with Crippen molar-refractivity contribution in [2.45, 2.75) is 43.4 Å². The fraction of sp³-hybridized carbons (Fsp3) is 0.400. The van der Waals surface area contributed by atoms with Gasteiger partial charge in [0.25, 0.3) is 0 Å². The van der Waals surface area contributed by atoms with Crippen LogP contribution in [0.2, 0.25) is 0 Å². The summed E-state index contributed by atoms with van der Waals surface area (Å²) < 4.78 is 2.04. The van der Waals surface area contributed by atoms with E-state index < -0.39 is 0 Å². The van der Waals surface area contributed by atoms with Crippen molar-refractivity contribution in [2.75, 3.05) is 0 Å². The van der Waals surface area contributed by atoms with Crippen LogP contribution in [0.4, 0.5) is 0 Å². The molecule has 0 radical (unpaired) electrons. The molecule has 0 atom stereocenters. The minimum Gasteiger partial charge on any atom is -0.329 e. The molecule has 102 valence electrons. The summed E-state index contributed by atoms with van der Waals surface area (Å²) in [5, 5.41) is 4.46. The molecule has 0 bridgehead atoms. The number of hydrogen-bond acceptors (Lipinski definition) is 3. The van der Waals surface area contributed by atoms with Crippen molar-refractivity contribution in [3.63, 3.8) is 0 Å². The molecule has 1 N–H and O–H groups in total. The van der Waals surface area contributed by atoms with Crippen molar-refractivity contribution in [3.05, 3.63) is 41.7 Å². The van der Waals surface area contributed by atoms with Crippen LogP contribution in [0.15, 0.2) is 40.6 Å². The first kappa shape index (κ1) is 14.2. The first-order chi connectivity index (χ1) is 9.06. The van der Waals surface area contributed by atoms with Gasteiger partial charge in [0.2, 0.25) is 0 Å². The Hall–Kier alpha value is -1.26. The van der Waals surface area contributed by atoms with E-state index >= 15 is 0 Å². The second kappa shape index (κ2) is 6.26. The maximum absolute atomic E-state index is 4.35. The van der Waals surface area contributed by atoms with E-state index in [4.69, 9.17) is 0 Å². The number of rotatable bonds is 5. The second-order valence-electron chi connectivity index (χ2n) is 5.06. The van der Waals surface area contributed by atoms with Crippen LogP contribution in [-0.2, 0) is 13.6 Å². The summed E-state index contributed by atoms with van der Waals surface area (Å²) in [5.74, 6) is 0. The van der Waals surface area contributed by atoms with Crippen molar-refractivity contribution in [1.82, 2.24) is 14.9 Å². The van der Waals surface area contributed by atoms with E-state index in [1.54, 1.807) is 11.8 Å². The summed E-state index contributed by atoms with van der Waals surface area (Å²) in [6.07, 6.45) is 3.80. The molecule has 1 heterocycles. The zero-order valence-electron chi connectivity index (χ0n) is 12.0. The second-order valence-corrected chi connectivity index (χ2v) is 6.07. The van der Waals surface area contributed by atoms with Gasteiger partial charge in [0.05, 0.1) is 0 Å². The number of nitrogens with one attached hydrogen (secondary N) is 1. The maximum Gasteiger partial charge on any atom is 0.172 e. The molecule has 0 saturated carbocycles. The summed E-state index contributed by atoms with van der Waals surface area (Å²) in [5.41, 5.74) is 2.63. The zero-order valence-corrected chi connectivity index (χ0v) is 12.8. The topological polar surface area (TPSA) is 29.9 Å². The van der Waals surface area contributed by atoms with E-state index in [0.29, 0.717) is 6.04 Å². The number of hydrogen-bond donors (Lipinski definition) is 1. The highest BCUT2D eigenvalue weighted by atomic mass is 32.2. The van der Waals surface area contributed by atoms with E-state index in [2.05, 4.69) is 49.3 Å². The molecule has 0 amide bonds. The quantitative estimate of drug-likeness (QED) is 0.907. The summed E-state index contributed by atoms with van der Waals surface area (Å²) in [4.78, 5) is 5.61. The molecule has 0 saturated heterocycles. The van der Waals surface area contributed by atoms with Crippen molar-refractivity contribution in [1.29, 1.82) is 0 Å². The molecule has 2 rings (SSSR count). The van der Waals surface area contributed by atoms with Gasteiger partial charge in [-0.15, -0.1) is 0 Å². The number of benzene rings is 1. The largest absolute Gasteiger partial charge is 0.329 e. The lowest BCUT2D eigenvalue weighted by molar-refractivity contribution is 0.588. The highest BCUT2D eigenvalue weighted by Gasteiger charge is 2.06. The average Bonchev–Trinajstić information content (AvgIpc) is 2.75. The lowest BCUT2D eigenvalue weighted by Crippen LogP contribution is -2.21. The van der Waals surface area contributed by atoms with Crippen LogP contribution >= 0.6 is 11.8 Å². The highest BCUT2D eigenvalue weighted by Crippen LogP contribution is 2.29. The monoisotopic (exact) mass is 275 g/mol. The molecular weight excluding hydrogens is 254 g/mol. The predicted molar refractivity (Wildman–Crippen MR) is 80.5 cm³/mol. The third kappa shape index (κ3) is 3.85. The van der Waals surface area contributed by atoms with Crippen LogP contribution in [0.5, 0.6) is 0 Å². The van der Waals surface area contributed by atoms with Gasteiger partial charge in [0.1, 0.15) is 0 Å². The molecule has 19 heavy (non-hydrogen) atoms. The van der Waals surface area contributed by atoms with Gasteiger partial charge in [-0.2, -0.15) is 0 Å². The van der Waals surface area contributed by atoms with E-state index in [0.717, 1.165) is 11.7 Å². The Morgan fingerprint density at radius 1 is 1.37 bits per heavy atom. The van der Waals surface area contributed by atoms with Crippen LogP contribution in [0, 0.1) is 6.92 Å². The average molecular weight is 275 g/mol. The first-order valence-electron chi connectivity index (χ1n) is 6.54. The van der Waals surface area contributed by atoms with Gasteiger partial charge in [-0.05, 0) is 24.1 Å². The molecule has 1 aromatic heterocycles. The van der Waals surface area contributed by atoms with Crippen LogP contribution in [-0.4, -0.2) is 15.6 Å². The lowest BCUT2D eigenvalue weighted by Gasteiger charge is -2.11. The SMILES string of the molecule is Cc1cc(CNC(C)C)ccc1Sc1nccn1C. The van der Waals surface area contributed by atoms with E-state index in [1.807, 2.05) is 24.0 Å². The molecule has 2 aromatic rings. The molecule has 0 aliphatic rings. The maximum atomic E-state index is 4.35. The number of nitrogens with zero attached hydrogens (tertiary/aromatic N) is 2. The first-order valence-corrected chi connectivity index (χ1v) is 7.36. The van der Waals surface area contributed by atoms with Crippen molar-refractivity contribution in [2.24, 2.45) is 7.05 Å². The number of imidazole rings is 1. The van der Waals surface area contributed by atoms with Crippen LogP contribution in [0.25, 0.3) is 0 Å². The Bertz CT molecular complexity index is 546. The Morgan fingerprint density at radius 2 is 2.16 bits per heavy atom. The van der Waals surface area contributed by atoms with Crippen LogP contribution in [0.3, 0.4) is 0 Å². The minimum absolute atomic E-state index is 0.516. The molecule has 3 nitrogen and oxygen atoms in total. The molecule has 0 fully saturated rings. The standard InChI is InChI=1S/C15H21N3S/c1-11(2)17-10-13-5-6-14(12(3)9-13)19-15-16-7-8-18(15)4/h5-9,11,17H,10H2,1-4H3. The Kier molecular flexibility index (Phi) is 4.66. The molecule has 0 aliphatic heterocycles. The van der Waals surface area contributed by atoms with Crippen LogP contribution in [0.1, 0.15) is 25.0 Å². The smallest absolute Gasteiger partial charge is 0.172 e. The minimum atomic E-state index is 0.516. The third-order valence-electron chi connectivity index (χ3n) is 2.93. The molecule has 0 unspecified atom stereocenters. The normalized spacial score (nSPS) is 11.2. The summed E-state index contributed by atoms with van der Waals surface area (Å²) >= 11 is 1.71. The van der Waals surface area contributed by atoms with Crippen molar-refractivity contribution >= 4 is 11.8 Å². The Morgan fingerprint density at radius 3 is 2.74 bits per heavy atom. The Labute approximate surface area is 119 Å². The van der Waals surface area contributed by atoms with Gasteiger partial charge in [-0.1, -0.05) is 37.7 Å². The van der Waals surface area contributed by atoms with E-state index in [-0.39, 0.29) is 0 Å². The van der Waals surface area contributed by atoms with Crippen LogP contribution < -0.4 is 5.32 Å². The third-order valence-corrected chi connectivity index (χ3v) is 4.19.